The maximum atomic E-state index is 12.6. The highest BCUT2D eigenvalue weighted by Crippen LogP contribution is 2.34. The van der Waals surface area contributed by atoms with Crippen molar-refractivity contribution in [2.45, 2.75) is 20.8 Å². The second-order valence-corrected chi connectivity index (χ2v) is 9.48. The first-order chi connectivity index (χ1) is 15.1. The zero-order chi connectivity index (χ0) is 23.6. The molecule has 1 aromatic heterocycles. The third kappa shape index (κ3) is 4.73. The molecule has 1 fully saturated rings. The molecule has 9 heteroatoms. The van der Waals surface area contributed by atoms with Crippen LogP contribution in [0.2, 0.25) is 0 Å². The van der Waals surface area contributed by atoms with E-state index >= 15 is 0 Å². The molecule has 0 saturated carbocycles. The minimum Gasteiger partial charge on any atom is -0.465 e. The molecule has 32 heavy (non-hydrogen) atoms. The molecule has 1 saturated heterocycles. The van der Waals surface area contributed by atoms with E-state index in [-0.39, 0.29) is 5.91 Å². The molecule has 1 aliphatic rings. The molecular formula is C23H30N4O3S2. The molecule has 0 bridgehead atoms. The topological polar surface area (TPSA) is 65.1 Å². The molecule has 0 atom stereocenters. The number of carbonyl (C=O) groups is 2. The summed E-state index contributed by atoms with van der Waals surface area (Å²) < 4.78 is 4.96. The number of methoxy groups -OCH3 is 1. The SMILES string of the molecule is COC(=O)c1c(NC(=S)N2CCN(c3cccc(C)c3C)CC2)sc(C(=O)N(C)C)c1C. The molecule has 1 amide bonds. The summed E-state index contributed by atoms with van der Waals surface area (Å²) in [7, 11) is 4.71. The first kappa shape index (κ1) is 24.0. The van der Waals surface area contributed by atoms with E-state index in [0.717, 1.165) is 26.2 Å². The zero-order valence-corrected chi connectivity index (χ0v) is 21.1. The number of ether oxygens (including phenoxy) is 1. The molecule has 172 valence electrons. The highest BCUT2D eigenvalue weighted by molar-refractivity contribution is 7.80. The lowest BCUT2D eigenvalue weighted by Gasteiger charge is -2.38. The number of carbonyl (C=O) groups excluding carboxylic acids is 2. The first-order valence-corrected chi connectivity index (χ1v) is 11.7. The van der Waals surface area contributed by atoms with E-state index in [2.05, 4.69) is 47.2 Å². The van der Waals surface area contributed by atoms with E-state index in [1.165, 1.54) is 40.2 Å². The van der Waals surface area contributed by atoms with Crippen LogP contribution in [0.5, 0.6) is 0 Å². The Hall–Kier alpha value is -2.65. The Bertz CT molecular complexity index is 1040. The Morgan fingerprint density at radius 1 is 1.09 bits per heavy atom. The predicted octanol–water partition coefficient (Wildman–Crippen LogP) is 3.68. The standard InChI is InChI=1S/C23H30N4O3S2/c1-14-8-7-9-17(15(14)2)26-10-12-27(13-11-26)23(31)24-20-18(22(29)30-6)16(3)19(32-20)21(28)25(4)5/h7-9H,10-13H2,1-6H3,(H,24,31). The van der Waals surface area contributed by atoms with Crippen molar-refractivity contribution in [3.05, 3.63) is 45.3 Å². The molecular weight excluding hydrogens is 444 g/mol. The molecule has 2 heterocycles. The predicted molar refractivity (Wildman–Crippen MR) is 134 cm³/mol. The molecule has 1 N–H and O–H groups in total. The summed E-state index contributed by atoms with van der Waals surface area (Å²) in [5.74, 6) is -0.639. The number of aryl methyl sites for hydroxylation is 1. The molecule has 1 aromatic carbocycles. The molecule has 7 nitrogen and oxygen atoms in total. The molecule has 2 aromatic rings. The van der Waals surface area contributed by atoms with E-state index in [4.69, 9.17) is 17.0 Å². The van der Waals surface area contributed by atoms with Crippen LogP contribution in [0, 0.1) is 20.8 Å². The summed E-state index contributed by atoms with van der Waals surface area (Å²) in [6.45, 7) is 9.28. The Morgan fingerprint density at radius 2 is 1.75 bits per heavy atom. The number of nitrogens with zero attached hydrogens (tertiary/aromatic N) is 3. The summed E-state index contributed by atoms with van der Waals surface area (Å²) in [4.78, 5) is 31.5. The zero-order valence-electron chi connectivity index (χ0n) is 19.4. The lowest BCUT2D eigenvalue weighted by Crippen LogP contribution is -2.50. The largest absolute Gasteiger partial charge is 0.465 e. The van der Waals surface area contributed by atoms with Crippen molar-refractivity contribution in [3.63, 3.8) is 0 Å². The van der Waals surface area contributed by atoms with Crippen LogP contribution in [0.15, 0.2) is 18.2 Å². The summed E-state index contributed by atoms with van der Waals surface area (Å²) in [6, 6.07) is 6.39. The minimum absolute atomic E-state index is 0.154. The van der Waals surface area contributed by atoms with Gasteiger partial charge < -0.3 is 24.8 Å². The maximum absolute atomic E-state index is 12.6. The van der Waals surface area contributed by atoms with Gasteiger partial charge in [0.2, 0.25) is 0 Å². The van der Waals surface area contributed by atoms with Gasteiger partial charge in [-0.25, -0.2) is 4.79 Å². The van der Waals surface area contributed by atoms with Crippen molar-refractivity contribution in [3.8, 4) is 0 Å². The minimum atomic E-state index is -0.485. The van der Waals surface area contributed by atoms with Crippen LogP contribution in [0.3, 0.4) is 0 Å². The number of benzene rings is 1. The summed E-state index contributed by atoms with van der Waals surface area (Å²) in [5, 5.41) is 4.30. The molecule has 0 radical (unpaired) electrons. The third-order valence-corrected chi connectivity index (χ3v) is 7.40. The van der Waals surface area contributed by atoms with Gasteiger partial charge in [0.1, 0.15) is 5.00 Å². The number of anilines is 2. The quantitative estimate of drug-likeness (QED) is 0.536. The van der Waals surface area contributed by atoms with Crippen molar-refractivity contribution in [1.29, 1.82) is 0 Å². The van der Waals surface area contributed by atoms with Crippen LogP contribution in [0.25, 0.3) is 0 Å². The third-order valence-electron chi connectivity index (χ3n) is 5.84. The van der Waals surface area contributed by atoms with Gasteiger partial charge in [0.25, 0.3) is 5.91 Å². The van der Waals surface area contributed by atoms with Gasteiger partial charge in [-0.15, -0.1) is 11.3 Å². The Balaban J connectivity index is 1.75. The van der Waals surface area contributed by atoms with E-state index in [1.54, 1.807) is 21.0 Å². The smallest absolute Gasteiger partial charge is 0.341 e. The van der Waals surface area contributed by atoms with E-state index < -0.39 is 5.97 Å². The normalized spacial score (nSPS) is 13.7. The molecule has 0 aliphatic carbocycles. The second-order valence-electron chi connectivity index (χ2n) is 8.07. The Morgan fingerprint density at radius 3 is 2.34 bits per heavy atom. The fourth-order valence-electron chi connectivity index (χ4n) is 3.76. The fraction of sp³-hybridized carbons (Fsp3) is 0.435. The maximum Gasteiger partial charge on any atom is 0.341 e. The average molecular weight is 475 g/mol. The number of thiophene rings is 1. The summed E-state index contributed by atoms with van der Waals surface area (Å²) in [6.07, 6.45) is 0. The van der Waals surface area contributed by atoms with Crippen LogP contribution >= 0.6 is 23.6 Å². The molecule has 0 spiro atoms. The first-order valence-electron chi connectivity index (χ1n) is 10.5. The van der Waals surface area contributed by atoms with Crippen LogP contribution in [-0.4, -0.2) is 74.2 Å². The van der Waals surface area contributed by atoms with Gasteiger partial charge in [0, 0.05) is 46.0 Å². The number of esters is 1. The van der Waals surface area contributed by atoms with Gasteiger partial charge in [-0.3, -0.25) is 4.79 Å². The van der Waals surface area contributed by atoms with Gasteiger partial charge in [-0.1, -0.05) is 12.1 Å². The average Bonchev–Trinajstić information content (AvgIpc) is 3.10. The van der Waals surface area contributed by atoms with Gasteiger partial charge in [-0.05, 0) is 55.7 Å². The van der Waals surface area contributed by atoms with Gasteiger partial charge in [0.15, 0.2) is 5.11 Å². The van der Waals surface area contributed by atoms with Crippen LogP contribution in [-0.2, 0) is 4.74 Å². The lowest BCUT2D eigenvalue weighted by atomic mass is 10.1. The highest BCUT2D eigenvalue weighted by Gasteiger charge is 2.28. The van der Waals surface area contributed by atoms with Crippen LogP contribution < -0.4 is 10.2 Å². The van der Waals surface area contributed by atoms with E-state index in [9.17, 15) is 9.59 Å². The van der Waals surface area contributed by atoms with Gasteiger partial charge in [0.05, 0.1) is 17.6 Å². The number of rotatable bonds is 4. The number of amides is 1. The number of piperazine rings is 1. The second kappa shape index (κ2) is 9.87. The van der Waals surface area contributed by atoms with Crippen molar-refractivity contribution >= 4 is 51.2 Å². The van der Waals surface area contributed by atoms with Gasteiger partial charge in [-0.2, -0.15) is 0 Å². The number of nitrogens with one attached hydrogen (secondary N) is 1. The van der Waals surface area contributed by atoms with E-state index in [0.29, 0.717) is 26.1 Å². The lowest BCUT2D eigenvalue weighted by molar-refractivity contribution is 0.0601. The number of hydrogen-bond acceptors (Lipinski definition) is 6. The van der Waals surface area contributed by atoms with Crippen LogP contribution in [0.4, 0.5) is 10.7 Å². The number of thiocarbonyl (C=S) groups is 1. The fourth-order valence-corrected chi connectivity index (χ4v) is 5.33. The van der Waals surface area contributed by atoms with E-state index in [1.807, 2.05) is 0 Å². The molecule has 3 rings (SSSR count). The monoisotopic (exact) mass is 474 g/mol. The Kier molecular flexibility index (Phi) is 7.40. The van der Waals surface area contributed by atoms with Crippen LogP contribution in [0.1, 0.15) is 36.7 Å². The molecule has 0 unspecified atom stereocenters. The number of hydrogen-bond donors (Lipinski definition) is 1. The molecule has 1 aliphatic heterocycles. The summed E-state index contributed by atoms with van der Waals surface area (Å²) >= 11 is 6.90. The van der Waals surface area contributed by atoms with Crippen molar-refractivity contribution in [2.75, 3.05) is 57.6 Å². The van der Waals surface area contributed by atoms with Crippen molar-refractivity contribution in [2.24, 2.45) is 0 Å². The Labute approximate surface area is 198 Å². The summed E-state index contributed by atoms with van der Waals surface area (Å²) in [5.41, 5.74) is 4.81. The van der Waals surface area contributed by atoms with Crippen molar-refractivity contribution in [1.82, 2.24) is 9.80 Å². The van der Waals surface area contributed by atoms with Crippen molar-refractivity contribution < 1.29 is 14.3 Å². The van der Waals surface area contributed by atoms with Gasteiger partial charge >= 0.3 is 5.97 Å². The highest BCUT2D eigenvalue weighted by atomic mass is 32.1.